The van der Waals surface area contributed by atoms with E-state index in [4.69, 9.17) is 9.84 Å². The molecule has 1 N–H and O–H groups in total. The molecule has 1 saturated heterocycles. The Morgan fingerprint density at radius 1 is 1.25 bits per heavy atom. The lowest BCUT2D eigenvalue weighted by Gasteiger charge is -2.26. The fourth-order valence-corrected chi connectivity index (χ4v) is 2.27. The lowest BCUT2D eigenvalue weighted by atomic mass is 10.1. The van der Waals surface area contributed by atoms with Crippen molar-refractivity contribution in [2.75, 3.05) is 6.54 Å². The van der Waals surface area contributed by atoms with E-state index in [1.165, 1.54) is 17.0 Å². The number of rotatable bonds is 1. The molecule has 1 fully saturated rings. The third-order valence-electron chi connectivity index (χ3n) is 3.63. The molecule has 1 aliphatic heterocycles. The van der Waals surface area contributed by atoms with E-state index >= 15 is 0 Å². The van der Waals surface area contributed by atoms with Gasteiger partial charge in [-0.05, 0) is 70.7 Å². The quantitative estimate of drug-likeness (QED) is 0.842. The molecule has 1 aliphatic rings. The number of halogens is 1. The van der Waals surface area contributed by atoms with Crippen LogP contribution in [0.3, 0.4) is 0 Å². The fourth-order valence-electron chi connectivity index (χ4n) is 2.27. The van der Waals surface area contributed by atoms with Crippen molar-refractivity contribution in [1.82, 2.24) is 4.90 Å². The number of hydrogen-bond acceptors (Lipinski definition) is 3. The molecule has 1 aromatic carbocycles. The van der Waals surface area contributed by atoms with Gasteiger partial charge in [-0.3, -0.25) is 4.90 Å². The minimum atomic E-state index is -0.960. The molecule has 134 valence electrons. The summed E-state index contributed by atoms with van der Waals surface area (Å²) in [5.74, 6) is -1.11. The first-order valence-electron chi connectivity index (χ1n) is 7.96. The lowest BCUT2D eigenvalue weighted by Crippen LogP contribution is -2.43. The molecule has 0 aromatic heterocycles. The smallest absolute Gasteiger partial charge is 0.411 e. The van der Waals surface area contributed by atoms with Crippen molar-refractivity contribution in [1.29, 1.82) is 0 Å². The van der Waals surface area contributed by atoms with Crippen molar-refractivity contribution < 1.29 is 23.8 Å². The minimum absolute atomic E-state index is 0.155. The van der Waals surface area contributed by atoms with Gasteiger partial charge in [-0.2, -0.15) is 0 Å². The topological polar surface area (TPSA) is 66.8 Å². The van der Waals surface area contributed by atoms with Crippen LogP contribution in [0.25, 0.3) is 0 Å². The summed E-state index contributed by atoms with van der Waals surface area (Å²) in [5, 5.41) is 8.88. The number of amides is 1. The van der Waals surface area contributed by atoms with E-state index in [2.05, 4.69) is 0 Å². The molecule has 5 nitrogen and oxygen atoms in total. The first kappa shape index (κ1) is 19.9. The summed E-state index contributed by atoms with van der Waals surface area (Å²) in [5.41, 5.74) is 1.56. The Morgan fingerprint density at radius 3 is 2.33 bits per heavy atom. The van der Waals surface area contributed by atoms with Crippen LogP contribution in [0.2, 0.25) is 0 Å². The van der Waals surface area contributed by atoms with E-state index in [0.29, 0.717) is 13.0 Å². The zero-order valence-electron chi connectivity index (χ0n) is 14.9. The zero-order valence-corrected chi connectivity index (χ0v) is 14.9. The normalized spacial score (nSPS) is 17.1. The number of carbonyl (C=O) groups excluding carboxylic acids is 1. The van der Waals surface area contributed by atoms with Gasteiger partial charge in [0.1, 0.15) is 17.5 Å². The molecule has 0 aliphatic carbocycles. The van der Waals surface area contributed by atoms with Crippen molar-refractivity contribution >= 4 is 12.1 Å². The predicted molar refractivity (Wildman–Crippen MR) is 89.5 cm³/mol. The number of likely N-dealkylation sites (tertiary alicyclic amines) is 1. The Bertz CT molecular complexity index is 595. The number of ether oxygens (including phenoxy) is 1. The van der Waals surface area contributed by atoms with Gasteiger partial charge >= 0.3 is 12.1 Å². The molecule has 1 amide bonds. The average Bonchev–Trinajstić information content (AvgIpc) is 2.92. The van der Waals surface area contributed by atoms with Gasteiger partial charge in [-0.25, -0.2) is 14.0 Å². The second-order valence-corrected chi connectivity index (χ2v) is 6.90. The SMILES string of the molecule is CC(C)(C)OC(=O)N1CCC[C@H]1C(=O)O.Cc1ccc(F)cc1C. The molecule has 0 spiro atoms. The van der Waals surface area contributed by atoms with E-state index in [0.717, 1.165) is 17.5 Å². The van der Waals surface area contributed by atoms with Crippen molar-refractivity contribution in [3.05, 3.63) is 35.1 Å². The summed E-state index contributed by atoms with van der Waals surface area (Å²) in [6, 6.07) is 4.07. The molecule has 0 unspecified atom stereocenters. The highest BCUT2D eigenvalue weighted by atomic mass is 19.1. The molecule has 2 rings (SSSR count). The third kappa shape index (κ3) is 6.18. The van der Waals surface area contributed by atoms with Crippen LogP contribution in [0.15, 0.2) is 18.2 Å². The van der Waals surface area contributed by atoms with Crippen molar-refractivity contribution in [3.63, 3.8) is 0 Å². The first-order chi connectivity index (χ1) is 11.0. The van der Waals surface area contributed by atoms with Crippen LogP contribution in [-0.2, 0) is 9.53 Å². The number of carbonyl (C=O) groups is 2. The Hall–Kier alpha value is -2.11. The Kier molecular flexibility index (Phi) is 6.75. The number of carboxylic acids is 1. The van der Waals surface area contributed by atoms with Crippen LogP contribution in [0.1, 0.15) is 44.7 Å². The van der Waals surface area contributed by atoms with Gasteiger partial charge in [-0.15, -0.1) is 0 Å². The second kappa shape index (κ2) is 8.13. The summed E-state index contributed by atoms with van der Waals surface area (Å²) >= 11 is 0. The predicted octanol–water partition coefficient (Wildman–Crippen LogP) is 3.91. The molecule has 0 radical (unpaired) electrons. The summed E-state index contributed by atoms with van der Waals surface area (Å²) in [6.07, 6.45) is 0.692. The molecule has 1 atom stereocenters. The standard InChI is InChI=1S/C10H17NO4.C8H9F/c1-10(2,3)15-9(14)11-6-4-5-7(11)8(12)13;1-6-3-4-8(9)5-7(6)2/h7H,4-6H2,1-3H3,(H,12,13);3-5H,1-2H3/t7-;/m0./s1. The summed E-state index contributed by atoms with van der Waals surface area (Å²) in [4.78, 5) is 23.7. The lowest BCUT2D eigenvalue weighted by molar-refractivity contribution is -0.142. The number of benzene rings is 1. The van der Waals surface area contributed by atoms with Gasteiger partial charge in [-0.1, -0.05) is 6.07 Å². The van der Waals surface area contributed by atoms with Gasteiger partial charge in [0.25, 0.3) is 0 Å². The summed E-state index contributed by atoms with van der Waals surface area (Å²) < 4.78 is 17.5. The van der Waals surface area contributed by atoms with E-state index in [1.54, 1.807) is 26.8 Å². The molecule has 24 heavy (non-hydrogen) atoms. The second-order valence-electron chi connectivity index (χ2n) is 6.90. The Labute approximate surface area is 142 Å². The molecular formula is C18H26FNO4. The van der Waals surface area contributed by atoms with E-state index in [9.17, 15) is 14.0 Å². The molecule has 0 saturated carbocycles. The van der Waals surface area contributed by atoms with Crippen molar-refractivity contribution in [3.8, 4) is 0 Å². The maximum absolute atomic E-state index is 12.3. The highest BCUT2D eigenvalue weighted by Gasteiger charge is 2.36. The van der Waals surface area contributed by atoms with Gasteiger partial charge in [0, 0.05) is 6.54 Å². The molecule has 1 aromatic rings. The van der Waals surface area contributed by atoms with E-state index in [-0.39, 0.29) is 5.82 Å². The van der Waals surface area contributed by atoms with Crippen LogP contribution in [-0.4, -0.2) is 40.3 Å². The van der Waals surface area contributed by atoms with Gasteiger partial charge in [0.15, 0.2) is 0 Å². The largest absolute Gasteiger partial charge is 0.480 e. The van der Waals surface area contributed by atoms with Gasteiger partial charge in [0.2, 0.25) is 0 Å². The van der Waals surface area contributed by atoms with Crippen LogP contribution in [0.4, 0.5) is 9.18 Å². The summed E-state index contributed by atoms with van der Waals surface area (Å²) in [7, 11) is 0. The Morgan fingerprint density at radius 2 is 1.88 bits per heavy atom. The van der Waals surface area contributed by atoms with Crippen molar-refractivity contribution in [2.45, 2.75) is 59.1 Å². The molecule has 1 heterocycles. The summed E-state index contributed by atoms with van der Waals surface area (Å²) in [6.45, 7) is 9.61. The first-order valence-corrected chi connectivity index (χ1v) is 7.96. The number of aryl methyl sites for hydroxylation is 2. The number of aliphatic carboxylic acids is 1. The van der Waals surface area contributed by atoms with Crippen LogP contribution in [0, 0.1) is 19.7 Å². The molecule has 0 bridgehead atoms. The van der Waals surface area contributed by atoms with Crippen LogP contribution in [0.5, 0.6) is 0 Å². The van der Waals surface area contributed by atoms with Crippen LogP contribution >= 0.6 is 0 Å². The maximum Gasteiger partial charge on any atom is 0.411 e. The Balaban J connectivity index is 0.000000272. The third-order valence-corrected chi connectivity index (χ3v) is 3.63. The fraction of sp³-hybridized carbons (Fsp3) is 0.556. The van der Waals surface area contributed by atoms with Gasteiger partial charge < -0.3 is 9.84 Å². The average molecular weight is 339 g/mol. The number of carboxylic acid groups (broad SMARTS) is 1. The minimum Gasteiger partial charge on any atom is -0.480 e. The maximum atomic E-state index is 12.3. The monoisotopic (exact) mass is 339 g/mol. The number of hydrogen-bond donors (Lipinski definition) is 1. The number of nitrogens with zero attached hydrogens (tertiary/aromatic N) is 1. The van der Waals surface area contributed by atoms with Crippen LogP contribution < -0.4 is 0 Å². The van der Waals surface area contributed by atoms with Crippen molar-refractivity contribution in [2.24, 2.45) is 0 Å². The molecular weight excluding hydrogens is 313 g/mol. The molecule has 6 heteroatoms. The van der Waals surface area contributed by atoms with E-state index in [1.807, 2.05) is 13.8 Å². The van der Waals surface area contributed by atoms with Gasteiger partial charge in [0.05, 0.1) is 0 Å². The highest BCUT2D eigenvalue weighted by Crippen LogP contribution is 2.20. The highest BCUT2D eigenvalue weighted by molar-refractivity contribution is 5.80. The van der Waals surface area contributed by atoms with E-state index < -0.39 is 23.7 Å². The zero-order chi connectivity index (χ0) is 18.5.